The molecule has 0 bridgehead atoms. The Bertz CT molecular complexity index is 791. The smallest absolute Gasteiger partial charge is 0.405 e. The number of hydrogen-bond acceptors (Lipinski definition) is 8. The molecule has 2 amide bonds. The number of aliphatic hydroxyl groups excluding tert-OH is 1. The van der Waals surface area contributed by atoms with E-state index in [-0.39, 0.29) is 23.9 Å². The molecule has 11 nitrogen and oxygen atoms in total. The number of rotatable bonds is 11. The molecule has 0 spiro atoms. The van der Waals surface area contributed by atoms with Gasteiger partial charge in [0, 0.05) is 6.42 Å². The van der Waals surface area contributed by atoms with Crippen LogP contribution in [-0.2, 0) is 21.1 Å². The van der Waals surface area contributed by atoms with E-state index >= 15 is 0 Å². The van der Waals surface area contributed by atoms with Crippen LogP contribution in [0.25, 0.3) is 0 Å². The molecule has 0 aliphatic heterocycles. The minimum absolute atomic E-state index is 0.00639. The Morgan fingerprint density at radius 3 is 2.46 bits per heavy atom. The monoisotopic (exact) mass is 418 g/mol. The van der Waals surface area contributed by atoms with Gasteiger partial charge in [-0.3, -0.25) is 4.79 Å². The minimum atomic E-state index is -3.61. The molecule has 1 unspecified atom stereocenters. The van der Waals surface area contributed by atoms with Crippen molar-refractivity contribution in [3.8, 4) is 0 Å². The van der Waals surface area contributed by atoms with Gasteiger partial charge in [-0.25, -0.2) is 13.2 Å². The molecule has 28 heavy (non-hydrogen) atoms. The third-order valence-electron chi connectivity index (χ3n) is 4.42. The maximum absolute atomic E-state index is 12.5. The van der Waals surface area contributed by atoms with Gasteiger partial charge < -0.3 is 25.4 Å². The van der Waals surface area contributed by atoms with E-state index in [1.807, 2.05) is 5.32 Å². The molecule has 1 saturated carbocycles. The van der Waals surface area contributed by atoms with E-state index in [4.69, 9.17) is 9.63 Å². The van der Waals surface area contributed by atoms with E-state index in [9.17, 15) is 23.1 Å². The fourth-order valence-corrected chi connectivity index (χ4v) is 4.63. The van der Waals surface area contributed by atoms with Crippen LogP contribution in [0.3, 0.4) is 0 Å². The topological polar surface area (TPSA) is 172 Å². The number of amides is 2. The van der Waals surface area contributed by atoms with Crippen LogP contribution in [-0.4, -0.2) is 64.4 Å². The number of aryl methyl sites for hydroxylation is 1. The fraction of sp³-hybridized carbons (Fsp3) is 0.750. The molecule has 1 aromatic rings. The van der Waals surface area contributed by atoms with Crippen molar-refractivity contribution in [3.05, 3.63) is 11.7 Å². The normalized spacial score (nSPS) is 17.5. The van der Waals surface area contributed by atoms with Gasteiger partial charge in [-0.05, 0) is 25.2 Å². The highest BCUT2D eigenvalue weighted by Crippen LogP contribution is 2.30. The van der Waals surface area contributed by atoms with E-state index in [2.05, 4.69) is 15.5 Å². The second-order valence-corrected chi connectivity index (χ2v) is 9.04. The van der Waals surface area contributed by atoms with Gasteiger partial charge in [0.05, 0.1) is 17.5 Å². The van der Waals surface area contributed by atoms with Gasteiger partial charge in [-0.15, -0.1) is 0 Å². The van der Waals surface area contributed by atoms with Crippen molar-refractivity contribution >= 4 is 21.8 Å². The number of carbonyl (C=O) groups is 2. The molecule has 1 aromatic heterocycles. The maximum atomic E-state index is 12.5. The first kappa shape index (κ1) is 22.1. The van der Waals surface area contributed by atoms with Gasteiger partial charge in [0.2, 0.25) is 17.6 Å². The van der Waals surface area contributed by atoms with E-state index in [1.165, 1.54) is 0 Å². The fourth-order valence-electron chi connectivity index (χ4n) is 2.70. The largest absolute Gasteiger partial charge is 0.465 e. The van der Waals surface area contributed by atoms with Gasteiger partial charge in [0.1, 0.15) is 12.1 Å². The van der Waals surface area contributed by atoms with Crippen molar-refractivity contribution in [3.63, 3.8) is 0 Å². The first-order valence-electron chi connectivity index (χ1n) is 9.16. The van der Waals surface area contributed by atoms with Gasteiger partial charge >= 0.3 is 6.09 Å². The highest BCUT2D eigenvalue weighted by Gasteiger charge is 2.34. The van der Waals surface area contributed by atoms with E-state index in [0.717, 1.165) is 12.8 Å². The lowest BCUT2D eigenvalue weighted by Gasteiger charge is -2.24. The molecule has 0 radical (unpaired) electrons. The van der Waals surface area contributed by atoms with Crippen molar-refractivity contribution in [2.45, 2.75) is 57.7 Å². The lowest BCUT2D eigenvalue weighted by atomic mass is 10.1. The van der Waals surface area contributed by atoms with Crippen LogP contribution in [0.5, 0.6) is 0 Å². The standard InChI is InChI=1S/C16H26N4O7S/c1-3-10(13(21)14-19-12(4-2)27-20-14)17-15(22)11(18-16(23)24)8-28(25,26)7-9-5-6-9/h9-11,13,18,21H,3-8H2,1-2H3,(H,17,22)(H,23,24)/t10-,11-,13?/m0/s1. The highest BCUT2D eigenvalue weighted by molar-refractivity contribution is 7.91. The summed E-state index contributed by atoms with van der Waals surface area (Å²) >= 11 is 0. The van der Waals surface area contributed by atoms with Crippen LogP contribution in [0.4, 0.5) is 4.79 Å². The molecule has 1 fully saturated rings. The van der Waals surface area contributed by atoms with E-state index in [1.54, 1.807) is 13.8 Å². The quantitative estimate of drug-likeness (QED) is 0.386. The first-order chi connectivity index (χ1) is 13.1. The molecule has 0 saturated heterocycles. The lowest BCUT2D eigenvalue weighted by Crippen LogP contribution is -2.53. The van der Waals surface area contributed by atoms with Crippen molar-refractivity contribution in [1.82, 2.24) is 20.8 Å². The van der Waals surface area contributed by atoms with Gasteiger partial charge in [0.15, 0.2) is 9.84 Å². The average Bonchev–Trinajstić information content (AvgIpc) is 3.28. The van der Waals surface area contributed by atoms with Crippen LogP contribution in [0.15, 0.2) is 4.52 Å². The number of nitrogens with one attached hydrogen (secondary N) is 2. The SMILES string of the molecule is CCc1nc(C(O)[C@H](CC)NC(=O)[C@H](CS(=O)(=O)CC2CC2)NC(=O)O)no1. The molecule has 2 rings (SSSR count). The van der Waals surface area contributed by atoms with Crippen molar-refractivity contribution in [1.29, 1.82) is 0 Å². The van der Waals surface area contributed by atoms with Crippen LogP contribution < -0.4 is 10.6 Å². The molecule has 1 aliphatic rings. The summed E-state index contributed by atoms with van der Waals surface area (Å²) < 4.78 is 29.4. The van der Waals surface area contributed by atoms with Gasteiger partial charge in [-0.1, -0.05) is 19.0 Å². The first-order valence-corrected chi connectivity index (χ1v) is 11.0. The Kier molecular flexibility index (Phi) is 7.35. The summed E-state index contributed by atoms with van der Waals surface area (Å²) in [6, 6.07) is -2.34. The molecule has 4 N–H and O–H groups in total. The number of aromatic nitrogens is 2. The summed E-state index contributed by atoms with van der Waals surface area (Å²) in [5, 5.41) is 27.5. The van der Waals surface area contributed by atoms with Crippen molar-refractivity contribution in [2.75, 3.05) is 11.5 Å². The third kappa shape index (κ3) is 6.44. The van der Waals surface area contributed by atoms with Crippen molar-refractivity contribution < 1.29 is 32.7 Å². The Balaban J connectivity index is 2.07. The van der Waals surface area contributed by atoms with Crippen LogP contribution >= 0.6 is 0 Å². The van der Waals surface area contributed by atoms with Crippen LogP contribution in [0.1, 0.15) is 50.9 Å². The number of hydrogen-bond donors (Lipinski definition) is 4. The summed E-state index contributed by atoms with van der Waals surface area (Å²) in [4.78, 5) is 27.6. The average molecular weight is 418 g/mol. The molecule has 12 heteroatoms. The summed E-state index contributed by atoms with van der Waals surface area (Å²) in [6.07, 6.45) is -0.412. The third-order valence-corrected chi connectivity index (χ3v) is 6.24. The number of nitrogens with zero attached hydrogens (tertiary/aromatic N) is 2. The Hall–Kier alpha value is -2.21. The van der Waals surface area contributed by atoms with Gasteiger partial charge in [-0.2, -0.15) is 4.98 Å². The number of carboxylic acid groups (broad SMARTS) is 1. The molecular formula is C16H26N4O7S. The zero-order chi connectivity index (χ0) is 20.9. The van der Waals surface area contributed by atoms with Gasteiger partial charge in [0.25, 0.3) is 0 Å². The molecule has 3 atom stereocenters. The summed E-state index contributed by atoms with van der Waals surface area (Å²) in [6.45, 7) is 3.49. The Morgan fingerprint density at radius 2 is 1.96 bits per heavy atom. The van der Waals surface area contributed by atoms with E-state index in [0.29, 0.717) is 12.3 Å². The second kappa shape index (κ2) is 9.32. The second-order valence-electron chi connectivity index (χ2n) is 6.89. The number of carbonyl (C=O) groups excluding carboxylic acids is 1. The molecule has 1 heterocycles. The number of aliphatic hydroxyl groups is 1. The predicted octanol–water partition coefficient (Wildman–Crippen LogP) is 0.0212. The highest BCUT2D eigenvalue weighted by atomic mass is 32.2. The molecule has 1 aliphatic carbocycles. The summed E-state index contributed by atoms with van der Waals surface area (Å²) in [5.41, 5.74) is 0. The zero-order valence-electron chi connectivity index (χ0n) is 15.8. The van der Waals surface area contributed by atoms with Crippen LogP contribution in [0.2, 0.25) is 0 Å². The summed E-state index contributed by atoms with van der Waals surface area (Å²) in [7, 11) is -3.61. The zero-order valence-corrected chi connectivity index (χ0v) is 16.6. The summed E-state index contributed by atoms with van der Waals surface area (Å²) in [5.74, 6) is -1.15. The lowest BCUT2D eigenvalue weighted by molar-refractivity contribution is -0.124. The van der Waals surface area contributed by atoms with E-state index < -0.39 is 45.8 Å². The predicted molar refractivity (Wildman–Crippen MR) is 97.2 cm³/mol. The van der Waals surface area contributed by atoms with Crippen molar-refractivity contribution in [2.24, 2.45) is 5.92 Å². The Labute approximate surface area is 162 Å². The molecule has 158 valence electrons. The number of sulfone groups is 1. The van der Waals surface area contributed by atoms with Crippen LogP contribution in [0, 0.1) is 5.92 Å². The maximum Gasteiger partial charge on any atom is 0.405 e. The molecular weight excluding hydrogens is 392 g/mol. The molecule has 0 aromatic carbocycles. The minimum Gasteiger partial charge on any atom is -0.465 e. The Morgan fingerprint density at radius 1 is 1.29 bits per heavy atom.